The fourth-order valence-electron chi connectivity index (χ4n) is 3.45. The van der Waals surface area contributed by atoms with Crippen LogP contribution in [0.4, 0.5) is 5.69 Å². The predicted octanol–water partition coefficient (Wildman–Crippen LogP) is 3.64. The van der Waals surface area contributed by atoms with Gasteiger partial charge in [0.1, 0.15) is 6.67 Å². The molecule has 1 aromatic carbocycles. The average molecular weight is 385 g/mol. The molecule has 1 aliphatic heterocycles. The Morgan fingerprint density at radius 1 is 1.15 bits per heavy atom. The Balaban J connectivity index is 1.38. The van der Waals surface area contributed by atoms with Gasteiger partial charge in [-0.15, -0.1) is 16.4 Å². The van der Waals surface area contributed by atoms with E-state index in [1.54, 1.807) is 0 Å². The van der Waals surface area contributed by atoms with Crippen LogP contribution in [0.1, 0.15) is 24.8 Å². The van der Waals surface area contributed by atoms with Crippen LogP contribution in [0.2, 0.25) is 0 Å². The minimum Gasteiger partial charge on any atom is -0.387 e. The van der Waals surface area contributed by atoms with Crippen molar-refractivity contribution in [2.75, 3.05) is 25.0 Å². The van der Waals surface area contributed by atoms with Gasteiger partial charge < -0.3 is 9.32 Å². The monoisotopic (exact) mass is 384 g/mol. The highest BCUT2D eigenvalue weighted by atomic mass is 32.1. The van der Waals surface area contributed by atoms with Gasteiger partial charge in [-0.3, -0.25) is 4.90 Å². The molecule has 0 radical (unpaired) electrons. The van der Waals surface area contributed by atoms with Crippen molar-refractivity contribution >= 4 is 17.0 Å². The smallest absolute Gasteiger partial charge is 0.387 e. The summed E-state index contributed by atoms with van der Waals surface area (Å²) in [5.41, 5.74) is 2.52. The van der Waals surface area contributed by atoms with E-state index in [0.717, 1.165) is 24.5 Å². The maximum Gasteiger partial charge on any atom is 0.438 e. The number of thiophene rings is 1. The van der Waals surface area contributed by atoms with E-state index in [1.807, 2.05) is 24.6 Å². The van der Waals surface area contributed by atoms with Crippen LogP contribution in [-0.4, -0.2) is 34.8 Å². The molecule has 1 aliphatic rings. The molecular formula is C20H24N4O2S. The molecular weight excluding hydrogens is 360 g/mol. The summed E-state index contributed by atoms with van der Waals surface area (Å²) in [6.45, 7) is 3.44. The first kappa shape index (κ1) is 18.0. The van der Waals surface area contributed by atoms with Crippen molar-refractivity contribution < 1.29 is 4.42 Å². The number of benzene rings is 1. The Morgan fingerprint density at radius 3 is 2.63 bits per heavy atom. The van der Waals surface area contributed by atoms with Crippen molar-refractivity contribution in [2.45, 2.75) is 32.5 Å². The van der Waals surface area contributed by atoms with Gasteiger partial charge in [-0.25, -0.2) is 4.79 Å². The fourth-order valence-corrected chi connectivity index (χ4v) is 4.09. The third-order valence-corrected chi connectivity index (χ3v) is 5.68. The fraction of sp³-hybridized carbons (Fsp3) is 0.400. The van der Waals surface area contributed by atoms with Crippen molar-refractivity contribution in [3.05, 3.63) is 57.9 Å². The molecule has 0 spiro atoms. The zero-order chi connectivity index (χ0) is 18.6. The van der Waals surface area contributed by atoms with Gasteiger partial charge in [-0.05, 0) is 55.5 Å². The number of piperidine rings is 1. The van der Waals surface area contributed by atoms with Gasteiger partial charge in [0.25, 0.3) is 5.89 Å². The van der Waals surface area contributed by atoms with E-state index in [4.69, 9.17) is 4.42 Å². The van der Waals surface area contributed by atoms with Crippen LogP contribution in [-0.2, 0) is 13.2 Å². The molecule has 3 aromatic rings. The molecule has 0 saturated carbocycles. The topological polar surface area (TPSA) is 54.5 Å². The van der Waals surface area contributed by atoms with Crippen molar-refractivity contribution in [3.8, 4) is 10.8 Å². The number of rotatable bonds is 6. The molecule has 0 bridgehead atoms. The lowest BCUT2D eigenvalue weighted by Crippen LogP contribution is -2.29. The molecule has 1 fully saturated rings. The lowest BCUT2D eigenvalue weighted by molar-refractivity contribution is 0.237. The summed E-state index contributed by atoms with van der Waals surface area (Å²) in [5, 5.41) is 6.25. The van der Waals surface area contributed by atoms with Gasteiger partial charge in [0, 0.05) is 25.3 Å². The van der Waals surface area contributed by atoms with Gasteiger partial charge in [0.05, 0.1) is 4.88 Å². The standard InChI is InChI=1S/C20H24N4O2S/c1-22(15-24-20(25)26-19(21-24)18-6-5-13-27-18)14-16-7-9-17(10-8-16)23-11-3-2-4-12-23/h5-10,13H,2-4,11-12,14-15H2,1H3. The van der Waals surface area contributed by atoms with Gasteiger partial charge in [-0.1, -0.05) is 18.2 Å². The van der Waals surface area contributed by atoms with Crippen molar-refractivity contribution in [3.63, 3.8) is 0 Å². The highest BCUT2D eigenvalue weighted by Crippen LogP contribution is 2.22. The second-order valence-electron chi connectivity index (χ2n) is 7.02. The molecule has 0 unspecified atom stereocenters. The quantitative estimate of drug-likeness (QED) is 0.649. The zero-order valence-electron chi connectivity index (χ0n) is 15.5. The zero-order valence-corrected chi connectivity index (χ0v) is 16.3. The van der Waals surface area contributed by atoms with E-state index in [9.17, 15) is 4.79 Å². The number of aromatic nitrogens is 2. The third-order valence-electron chi connectivity index (χ3n) is 4.82. The maximum atomic E-state index is 12.0. The minimum atomic E-state index is -0.425. The molecule has 7 heteroatoms. The van der Waals surface area contributed by atoms with E-state index in [0.29, 0.717) is 12.6 Å². The SMILES string of the molecule is CN(Cc1ccc(N2CCCCC2)cc1)Cn1nc(-c2cccs2)oc1=O. The molecule has 0 aliphatic carbocycles. The van der Waals surface area contributed by atoms with Crippen LogP contribution in [0.3, 0.4) is 0 Å². The first-order valence-corrected chi connectivity index (χ1v) is 10.2. The molecule has 6 nitrogen and oxygen atoms in total. The Kier molecular flexibility index (Phi) is 5.40. The predicted molar refractivity (Wildman–Crippen MR) is 108 cm³/mol. The molecule has 0 atom stereocenters. The Morgan fingerprint density at radius 2 is 1.93 bits per heavy atom. The summed E-state index contributed by atoms with van der Waals surface area (Å²) in [7, 11) is 1.98. The lowest BCUT2D eigenvalue weighted by atomic mass is 10.1. The molecule has 27 heavy (non-hydrogen) atoms. The first-order valence-electron chi connectivity index (χ1n) is 9.33. The average Bonchev–Trinajstić information content (AvgIpc) is 3.33. The lowest BCUT2D eigenvalue weighted by Gasteiger charge is -2.29. The van der Waals surface area contributed by atoms with Crippen LogP contribution in [0.5, 0.6) is 0 Å². The molecule has 4 rings (SSSR count). The van der Waals surface area contributed by atoms with E-state index < -0.39 is 5.76 Å². The number of anilines is 1. The van der Waals surface area contributed by atoms with Gasteiger partial charge in [0.15, 0.2) is 0 Å². The van der Waals surface area contributed by atoms with Crippen LogP contribution in [0, 0.1) is 0 Å². The summed E-state index contributed by atoms with van der Waals surface area (Å²) in [6.07, 6.45) is 3.91. The van der Waals surface area contributed by atoms with Crippen molar-refractivity contribution in [1.82, 2.24) is 14.7 Å². The number of hydrogen-bond acceptors (Lipinski definition) is 6. The Bertz CT molecular complexity index is 908. The molecule has 2 aromatic heterocycles. The summed E-state index contributed by atoms with van der Waals surface area (Å²) < 4.78 is 6.64. The third kappa shape index (κ3) is 4.31. The van der Waals surface area contributed by atoms with E-state index >= 15 is 0 Å². The Hall–Kier alpha value is -2.38. The van der Waals surface area contributed by atoms with Crippen LogP contribution >= 0.6 is 11.3 Å². The Labute approximate surface area is 162 Å². The first-order chi connectivity index (χ1) is 13.2. The largest absolute Gasteiger partial charge is 0.438 e. The second kappa shape index (κ2) is 8.10. The summed E-state index contributed by atoms with van der Waals surface area (Å²) >= 11 is 1.51. The van der Waals surface area contributed by atoms with Gasteiger partial charge in [0.2, 0.25) is 0 Å². The summed E-state index contributed by atoms with van der Waals surface area (Å²) in [5.74, 6) is -0.0417. The highest BCUT2D eigenvalue weighted by molar-refractivity contribution is 7.13. The molecule has 142 valence electrons. The normalized spacial score (nSPS) is 14.8. The van der Waals surface area contributed by atoms with E-state index in [-0.39, 0.29) is 0 Å². The van der Waals surface area contributed by atoms with Gasteiger partial charge in [-0.2, -0.15) is 4.68 Å². The maximum absolute atomic E-state index is 12.0. The van der Waals surface area contributed by atoms with Crippen LogP contribution in [0.15, 0.2) is 51.0 Å². The number of hydrogen-bond donors (Lipinski definition) is 0. The van der Waals surface area contributed by atoms with Crippen LogP contribution < -0.4 is 10.7 Å². The van der Waals surface area contributed by atoms with Crippen molar-refractivity contribution in [1.29, 1.82) is 0 Å². The highest BCUT2D eigenvalue weighted by Gasteiger charge is 2.13. The molecule has 0 N–H and O–H groups in total. The van der Waals surface area contributed by atoms with Gasteiger partial charge >= 0.3 is 5.76 Å². The van der Waals surface area contributed by atoms with Crippen LogP contribution in [0.25, 0.3) is 10.8 Å². The summed E-state index contributed by atoms with van der Waals surface area (Å²) in [4.78, 5) is 17.4. The molecule has 0 amide bonds. The minimum absolute atomic E-state index is 0.384. The number of nitrogens with zero attached hydrogens (tertiary/aromatic N) is 4. The second-order valence-corrected chi connectivity index (χ2v) is 7.97. The molecule has 1 saturated heterocycles. The van der Waals surface area contributed by atoms with E-state index in [2.05, 4.69) is 39.2 Å². The molecule has 3 heterocycles. The van der Waals surface area contributed by atoms with Crippen molar-refractivity contribution in [2.24, 2.45) is 0 Å². The van der Waals surface area contributed by atoms with E-state index in [1.165, 1.54) is 46.5 Å². The summed E-state index contributed by atoms with van der Waals surface area (Å²) in [6, 6.07) is 12.6.